The lowest BCUT2D eigenvalue weighted by Crippen LogP contribution is -2.38. The van der Waals surface area contributed by atoms with E-state index >= 15 is 0 Å². The predicted molar refractivity (Wildman–Crippen MR) is 96.1 cm³/mol. The maximum Gasteiger partial charge on any atom is 0.270 e. The molecule has 0 spiro atoms. The summed E-state index contributed by atoms with van der Waals surface area (Å²) in [7, 11) is 1.57. The molecule has 0 saturated carbocycles. The molecule has 0 bridgehead atoms. The SMILES string of the molecule is COC[C@H](C)N1C[C@H](C(=O)Nc2nc3ccc([N+](=O)[O-])cc3s2)CC1=O. The maximum atomic E-state index is 12.5. The summed E-state index contributed by atoms with van der Waals surface area (Å²) in [6.07, 6.45) is 0.149. The minimum absolute atomic E-state index is 0.0248. The lowest BCUT2D eigenvalue weighted by atomic mass is 10.1. The standard InChI is InChI=1S/C16H18N4O5S/c1-9(8-25-2)19-7-10(5-14(19)21)15(22)18-16-17-12-4-3-11(20(23)24)6-13(12)26-16/h3-4,6,9-10H,5,7-8H2,1-2H3,(H,17,18,22)/t9-,10+/m0/s1. The van der Waals surface area contributed by atoms with Gasteiger partial charge in [0.25, 0.3) is 5.69 Å². The van der Waals surface area contributed by atoms with Crippen LogP contribution in [0.5, 0.6) is 0 Å². The Morgan fingerprint density at radius 2 is 2.35 bits per heavy atom. The van der Waals surface area contributed by atoms with E-state index in [0.717, 1.165) is 0 Å². The van der Waals surface area contributed by atoms with E-state index in [9.17, 15) is 19.7 Å². The smallest absolute Gasteiger partial charge is 0.270 e. The topological polar surface area (TPSA) is 115 Å². The van der Waals surface area contributed by atoms with Gasteiger partial charge >= 0.3 is 0 Å². The molecule has 2 aromatic rings. The number of anilines is 1. The van der Waals surface area contributed by atoms with Gasteiger partial charge in [-0.25, -0.2) is 4.98 Å². The molecule has 1 N–H and O–H groups in total. The van der Waals surface area contributed by atoms with E-state index < -0.39 is 10.8 Å². The molecule has 2 heterocycles. The number of thiazole rings is 1. The number of nitro benzene ring substituents is 1. The molecule has 1 aliphatic rings. The van der Waals surface area contributed by atoms with Crippen LogP contribution in [0.1, 0.15) is 13.3 Å². The van der Waals surface area contributed by atoms with Gasteiger partial charge in [0, 0.05) is 32.2 Å². The fourth-order valence-electron chi connectivity index (χ4n) is 2.95. The van der Waals surface area contributed by atoms with Crippen molar-refractivity contribution in [1.29, 1.82) is 0 Å². The van der Waals surface area contributed by atoms with Gasteiger partial charge in [0.05, 0.1) is 33.7 Å². The minimum Gasteiger partial charge on any atom is -0.383 e. The van der Waals surface area contributed by atoms with Crippen molar-refractivity contribution >= 4 is 44.2 Å². The van der Waals surface area contributed by atoms with Crippen LogP contribution in [0.25, 0.3) is 10.2 Å². The molecule has 2 atom stereocenters. The summed E-state index contributed by atoms with van der Waals surface area (Å²) in [5, 5.41) is 13.9. The van der Waals surface area contributed by atoms with Gasteiger partial charge < -0.3 is 15.0 Å². The first kappa shape index (κ1) is 18.2. The third-order valence-electron chi connectivity index (χ3n) is 4.28. The molecule has 138 valence electrons. The average molecular weight is 378 g/mol. The molecule has 0 aliphatic carbocycles. The monoisotopic (exact) mass is 378 g/mol. The highest BCUT2D eigenvalue weighted by Crippen LogP contribution is 2.30. The summed E-state index contributed by atoms with van der Waals surface area (Å²) >= 11 is 1.17. The number of nitrogens with one attached hydrogen (secondary N) is 1. The van der Waals surface area contributed by atoms with Crippen LogP contribution in [-0.2, 0) is 14.3 Å². The molecule has 1 saturated heterocycles. The number of non-ortho nitro benzene ring substituents is 1. The van der Waals surface area contributed by atoms with Crippen LogP contribution in [0.2, 0.25) is 0 Å². The fourth-order valence-corrected chi connectivity index (χ4v) is 3.85. The van der Waals surface area contributed by atoms with Crippen LogP contribution in [0.3, 0.4) is 0 Å². The second kappa shape index (κ2) is 7.34. The Bertz CT molecular complexity index is 867. The molecule has 26 heavy (non-hydrogen) atoms. The zero-order chi connectivity index (χ0) is 18.8. The molecular formula is C16H18N4O5S. The molecule has 1 fully saturated rings. The quantitative estimate of drug-likeness (QED) is 0.607. The Kier molecular flexibility index (Phi) is 5.14. The molecule has 3 rings (SSSR count). The predicted octanol–water partition coefficient (Wildman–Crippen LogP) is 2.03. The third-order valence-corrected chi connectivity index (χ3v) is 5.22. The number of rotatable bonds is 6. The lowest BCUT2D eigenvalue weighted by Gasteiger charge is -2.23. The maximum absolute atomic E-state index is 12.5. The van der Waals surface area contributed by atoms with Crippen molar-refractivity contribution in [2.75, 3.05) is 25.6 Å². The van der Waals surface area contributed by atoms with Gasteiger partial charge in [-0.15, -0.1) is 0 Å². The number of carbonyl (C=O) groups excluding carboxylic acids is 2. The minimum atomic E-state index is -0.475. The van der Waals surface area contributed by atoms with Crippen LogP contribution in [0, 0.1) is 16.0 Å². The number of aromatic nitrogens is 1. The molecule has 1 aliphatic heterocycles. The van der Waals surface area contributed by atoms with E-state index in [2.05, 4.69) is 10.3 Å². The molecule has 9 nitrogen and oxygen atoms in total. The second-order valence-electron chi connectivity index (χ2n) is 6.17. The zero-order valence-corrected chi connectivity index (χ0v) is 15.1. The summed E-state index contributed by atoms with van der Waals surface area (Å²) in [5.74, 6) is -0.809. The third kappa shape index (κ3) is 3.65. The van der Waals surface area contributed by atoms with Gasteiger partial charge in [-0.05, 0) is 13.0 Å². The first-order chi connectivity index (χ1) is 12.4. The van der Waals surface area contributed by atoms with Crippen LogP contribution in [0.4, 0.5) is 10.8 Å². The number of hydrogen-bond acceptors (Lipinski definition) is 7. The number of amides is 2. The molecule has 0 unspecified atom stereocenters. The lowest BCUT2D eigenvalue weighted by molar-refractivity contribution is -0.384. The number of hydrogen-bond donors (Lipinski definition) is 1. The summed E-state index contributed by atoms with van der Waals surface area (Å²) in [6, 6.07) is 4.26. The van der Waals surface area contributed by atoms with E-state index in [1.54, 1.807) is 18.1 Å². The number of fused-ring (bicyclic) bond motifs is 1. The van der Waals surface area contributed by atoms with E-state index in [1.165, 1.54) is 23.5 Å². The Morgan fingerprint density at radius 3 is 3.04 bits per heavy atom. The van der Waals surface area contributed by atoms with Crippen molar-refractivity contribution in [3.8, 4) is 0 Å². The number of methoxy groups -OCH3 is 1. The summed E-state index contributed by atoms with van der Waals surface area (Å²) in [5.41, 5.74) is 0.553. The average Bonchev–Trinajstić information content (AvgIpc) is 3.17. The van der Waals surface area contributed by atoms with Crippen molar-refractivity contribution in [2.45, 2.75) is 19.4 Å². The molecule has 0 radical (unpaired) electrons. The largest absolute Gasteiger partial charge is 0.383 e. The van der Waals surface area contributed by atoms with Gasteiger partial charge in [-0.3, -0.25) is 19.7 Å². The van der Waals surface area contributed by atoms with Gasteiger partial charge in [0.15, 0.2) is 5.13 Å². The van der Waals surface area contributed by atoms with E-state index in [4.69, 9.17) is 4.74 Å². The van der Waals surface area contributed by atoms with Crippen molar-refractivity contribution in [2.24, 2.45) is 5.92 Å². The Balaban J connectivity index is 1.69. The van der Waals surface area contributed by atoms with Crippen LogP contribution >= 0.6 is 11.3 Å². The van der Waals surface area contributed by atoms with Gasteiger partial charge in [0.2, 0.25) is 11.8 Å². The zero-order valence-electron chi connectivity index (χ0n) is 14.3. The number of ether oxygens (including phenoxy) is 1. The molecule has 1 aromatic heterocycles. The number of nitrogens with zero attached hydrogens (tertiary/aromatic N) is 3. The van der Waals surface area contributed by atoms with Crippen LogP contribution < -0.4 is 5.32 Å². The normalized spacial score (nSPS) is 18.3. The van der Waals surface area contributed by atoms with Crippen molar-refractivity contribution in [3.05, 3.63) is 28.3 Å². The molecule has 1 aromatic carbocycles. The Morgan fingerprint density at radius 1 is 1.58 bits per heavy atom. The number of benzene rings is 1. The fraction of sp³-hybridized carbons (Fsp3) is 0.438. The van der Waals surface area contributed by atoms with Crippen molar-refractivity contribution in [3.63, 3.8) is 0 Å². The van der Waals surface area contributed by atoms with Gasteiger partial charge in [-0.1, -0.05) is 11.3 Å². The first-order valence-electron chi connectivity index (χ1n) is 8.03. The highest BCUT2D eigenvalue weighted by Gasteiger charge is 2.36. The highest BCUT2D eigenvalue weighted by atomic mass is 32.1. The van der Waals surface area contributed by atoms with Crippen molar-refractivity contribution < 1.29 is 19.2 Å². The molecule has 2 amide bonds. The number of likely N-dealkylation sites (tertiary alicyclic amines) is 1. The van der Waals surface area contributed by atoms with E-state index in [1.807, 2.05) is 6.92 Å². The molecule has 10 heteroatoms. The first-order valence-corrected chi connectivity index (χ1v) is 8.85. The van der Waals surface area contributed by atoms with Crippen LogP contribution in [0.15, 0.2) is 18.2 Å². The highest BCUT2D eigenvalue weighted by molar-refractivity contribution is 7.22. The van der Waals surface area contributed by atoms with Gasteiger partial charge in [0.1, 0.15) is 0 Å². The number of nitro groups is 1. The van der Waals surface area contributed by atoms with Crippen molar-refractivity contribution in [1.82, 2.24) is 9.88 Å². The Hall–Kier alpha value is -2.59. The molecular weight excluding hydrogens is 360 g/mol. The van der Waals surface area contributed by atoms with E-state index in [-0.39, 0.29) is 30.0 Å². The summed E-state index contributed by atoms with van der Waals surface area (Å²) in [6.45, 7) is 2.63. The second-order valence-corrected chi connectivity index (χ2v) is 7.20. The number of carbonyl (C=O) groups is 2. The van der Waals surface area contributed by atoms with Gasteiger partial charge in [-0.2, -0.15) is 0 Å². The summed E-state index contributed by atoms with van der Waals surface area (Å²) < 4.78 is 5.68. The summed E-state index contributed by atoms with van der Waals surface area (Å²) in [4.78, 5) is 40.9. The van der Waals surface area contributed by atoms with E-state index in [0.29, 0.717) is 28.5 Å². The van der Waals surface area contributed by atoms with Crippen LogP contribution in [-0.4, -0.2) is 52.9 Å². The Labute approximate surface area is 153 Å².